The van der Waals surface area contributed by atoms with Gasteiger partial charge >= 0.3 is 0 Å². The summed E-state index contributed by atoms with van der Waals surface area (Å²) in [5.41, 5.74) is 1.73. The highest BCUT2D eigenvalue weighted by Gasteiger charge is 2.14. The third-order valence-corrected chi connectivity index (χ3v) is 3.93. The number of imidazole rings is 1. The molecule has 2 N–H and O–H groups in total. The molecule has 0 saturated heterocycles. The number of nitrogens with one attached hydrogen (secondary N) is 1. The molecular formula is C20H20N4O2. The van der Waals surface area contributed by atoms with Crippen molar-refractivity contribution in [3.05, 3.63) is 66.2 Å². The van der Waals surface area contributed by atoms with Crippen molar-refractivity contribution in [2.75, 3.05) is 26.7 Å². The highest BCUT2D eigenvalue weighted by Crippen LogP contribution is 2.19. The van der Waals surface area contributed by atoms with Crippen LogP contribution in [0, 0.1) is 11.3 Å². The minimum atomic E-state index is -0.0197. The quantitative estimate of drug-likeness (QED) is 0.505. The molecular weight excluding hydrogens is 328 g/mol. The predicted octanol–water partition coefficient (Wildman–Crippen LogP) is 3.37. The lowest BCUT2D eigenvalue weighted by Crippen LogP contribution is -2.26. The molecule has 26 heavy (non-hydrogen) atoms. The average Bonchev–Trinajstić information content (AvgIpc) is 3.06. The molecule has 0 amide bonds. The SMILES string of the molecule is CN(CCOc1ccccc1)C/C(O)=C(\C#N)c1nc2ccccc2[nH]1. The summed E-state index contributed by atoms with van der Waals surface area (Å²) >= 11 is 0. The van der Waals surface area contributed by atoms with Gasteiger partial charge in [-0.05, 0) is 31.3 Å². The number of aromatic nitrogens is 2. The number of nitriles is 1. The number of aliphatic hydroxyl groups is 1. The largest absolute Gasteiger partial charge is 0.509 e. The van der Waals surface area contributed by atoms with Crippen LogP contribution >= 0.6 is 0 Å². The normalized spacial score (nSPS) is 12.0. The van der Waals surface area contributed by atoms with Crippen molar-refractivity contribution in [2.24, 2.45) is 0 Å². The van der Waals surface area contributed by atoms with Gasteiger partial charge in [0.2, 0.25) is 0 Å². The van der Waals surface area contributed by atoms with Crippen molar-refractivity contribution < 1.29 is 9.84 Å². The fourth-order valence-corrected chi connectivity index (χ4v) is 2.58. The first-order chi connectivity index (χ1) is 12.7. The molecule has 0 aliphatic carbocycles. The van der Waals surface area contributed by atoms with Crippen LogP contribution in [0.3, 0.4) is 0 Å². The molecule has 0 fully saturated rings. The van der Waals surface area contributed by atoms with Crippen molar-refractivity contribution in [1.82, 2.24) is 14.9 Å². The van der Waals surface area contributed by atoms with Crippen molar-refractivity contribution in [3.63, 3.8) is 0 Å². The molecule has 2 aromatic carbocycles. The minimum Gasteiger partial charge on any atom is -0.509 e. The average molecular weight is 348 g/mol. The summed E-state index contributed by atoms with van der Waals surface area (Å²) in [7, 11) is 1.86. The number of likely N-dealkylation sites (N-methyl/N-ethyl adjacent to an activating group) is 1. The number of nitrogens with zero attached hydrogens (tertiary/aromatic N) is 3. The Kier molecular flexibility index (Phi) is 5.52. The van der Waals surface area contributed by atoms with Crippen molar-refractivity contribution in [2.45, 2.75) is 0 Å². The molecule has 0 saturated carbocycles. The Morgan fingerprint density at radius 3 is 2.65 bits per heavy atom. The Morgan fingerprint density at radius 1 is 1.19 bits per heavy atom. The van der Waals surface area contributed by atoms with E-state index >= 15 is 0 Å². The van der Waals surface area contributed by atoms with E-state index in [2.05, 4.69) is 9.97 Å². The monoisotopic (exact) mass is 348 g/mol. The van der Waals surface area contributed by atoms with Crippen LogP contribution < -0.4 is 4.74 Å². The summed E-state index contributed by atoms with van der Waals surface area (Å²) in [4.78, 5) is 9.33. The maximum atomic E-state index is 10.4. The van der Waals surface area contributed by atoms with E-state index in [1.54, 1.807) is 0 Å². The molecule has 6 heteroatoms. The van der Waals surface area contributed by atoms with Gasteiger partial charge in [0, 0.05) is 6.54 Å². The van der Waals surface area contributed by atoms with Gasteiger partial charge in [0.25, 0.3) is 0 Å². The summed E-state index contributed by atoms with van der Waals surface area (Å²) in [5.74, 6) is 1.16. The lowest BCUT2D eigenvalue weighted by molar-refractivity contribution is 0.228. The number of aromatic amines is 1. The molecule has 0 atom stereocenters. The highest BCUT2D eigenvalue weighted by atomic mass is 16.5. The van der Waals surface area contributed by atoms with Gasteiger partial charge in [-0.25, -0.2) is 4.98 Å². The molecule has 0 aliphatic rings. The number of H-pyrrole nitrogens is 1. The lowest BCUT2D eigenvalue weighted by atomic mass is 10.2. The molecule has 0 unspecified atom stereocenters. The number of hydrogen-bond donors (Lipinski definition) is 2. The van der Waals surface area contributed by atoms with Crippen LogP contribution in [0.15, 0.2) is 60.4 Å². The molecule has 3 aromatic rings. The van der Waals surface area contributed by atoms with Crippen LogP contribution in [0.5, 0.6) is 5.75 Å². The second kappa shape index (κ2) is 8.19. The van der Waals surface area contributed by atoms with Gasteiger partial charge in [0.1, 0.15) is 29.8 Å². The van der Waals surface area contributed by atoms with Gasteiger partial charge in [0.15, 0.2) is 5.82 Å². The maximum Gasteiger partial charge on any atom is 0.152 e. The molecule has 1 aromatic heterocycles. The van der Waals surface area contributed by atoms with E-state index in [0.29, 0.717) is 19.0 Å². The van der Waals surface area contributed by atoms with Crippen LogP contribution in [0.4, 0.5) is 0 Å². The van der Waals surface area contributed by atoms with E-state index in [9.17, 15) is 10.4 Å². The molecule has 0 radical (unpaired) electrons. The number of aliphatic hydroxyl groups excluding tert-OH is 1. The zero-order valence-electron chi connectivity index (χ0n) is 14.5. The van der Waals surface area contributed by atoms with Gasteiger partial charge in [-0.1, -0.05) is 30.3 Å². The Labute approximate surface area is 152 Å². The standard InChI is InChI=1S/C20H20N4O2/c1-24(11-12-26-15-7-3-2-4-8-15)14-19(25)16(13-21)20-22-17-9-5-6-10-18(17)23-20/h2-10,25H,11-12,14H2,1H3,(H,22,23)/b19-16-. The fourth-order valence-electron chi connectivity index (χ4n) is 2.58. The highest BCUT2D eigenvalue weighted by molar-refractivity contribution is 5.82. The number of ether oxygens (including phenoxy) is 1. The summed E-state index contributed by atoms with van der Waals surface area (Å²) < 4.78 is 5.65. The van der Waals surface area contributed by atoms with E-state index in [-0.39, 0.29) is 17.9 Å². The first kappa shape index (κ1) is 17.5. The Bertz CT molecular complexity index is 908. The summed E-state index contributed by atoms with van der Waals surface area (Å²) in [6, 6.07) is 19.1. The summed E-state index contributed by atoms with van der Waals surface area (Å²) in [6.07, 6.45) is 0. The van der Waals surface area contributed by atoms with Crippen LogP contribution in [-0.4, -0.2) is 46.7 Å². The van der Waals surface area contributed by atoms with Crippen molar-refractivity contribution in [3.8, 4) is 11.8 Å². The number of allylic oxidation sites excluding steroid dienone is 1. The molecule has 0 spiro atoms. The number of hydrogen-bond acceptors (Lipinski definition) is 5. The lowest BCUT2D eigenvalue weighted by Gasteiger charge is -2.17. The van der Waals surface area contributed by atoms with Gasteiger partial charge in [-0.3, -0.25) is 4.90 Å². The van der Waals surface area contributed by atoms with E-state index in [1.165, 1.54) is 0 Å². The van der Waals surface area contributed by atoms with Crippen molar-refractivity contribution >= 4 is 16.6 Å². The number of fused-ring (bicyclic) bond motifs is 1. The number of rotatable bonds is 7. The maximum absolute atomic E-state index is 10.4. The topological polar surface area (TPSA) is 85.2 Å². The zero-order chi connectivity index (χ0) is 18.4. The first-order valence-electron chi connectivity index (χ1n) is 8.31. The summed E-state index contributed by atoms with van der Waals surface area (Å²) in [5, 5.41) is 19.8. The third-order valence-electron chi connectivity index (χ3n) is 3.93. The van der Waals surface area contributed by atoms with E-state index in [4.69, 9.17) is 4.74 Å². The summed E-state index contributed by atoms with van der Waals surface area (Å²) in [6.45, 7) is 1.33. The molecule has 1 heterocycles. The second-order valence-electron chi connectivity index (χ2n) is 5.94. The first-order valence-corrected chi connectivity index (χ1v) is 8.31. The van der Waals surface area contributed by atoms with Gasteiger partial charge < -0.3 is 14.8 Å². The van der Waals surface area contributed by atoms with Gasteiger partial charge in [0.05, 0.1) is 17.6 Å². The molecule has 0 aliphatic heterocycles. The smallest absolute Gasteiger partial charge is 0.152 e. The second-order valence-corrected chi connectivity index (χ2v) is 5.94. The molecule has 3 rings (SSSR count). The molecule has 132 valence electrons. The third kappa shape index (κ3) is 4.21. The van der Waals surface area contributed by atoms with E-state index in [0.717, 1.165) is 16.8 Å². The fraction of sp³-hybridized carbons (Fsp3) is 0.200. The van der Waals surface area contributed by atoms with E-state index in [1.807, 2.05) is 72.6 Å². The Hall–Kier alpha value is -3.30. The predicted molar refractivity (Wildman–Crippen MR) is 101 cm³/mol. The van der Waals surface area contributed by atoms with Crippen LogP contribution in [0.2, 0.25) is 0 Å². The Balaban J connectivity index is 1.63. The van der Waals surface area contributed by atoms with Crippen LogP contribution in [0.25, 0.3) is 16.6 Å². The number of benzene rings is 2. The Morgan fingerprint density at radius 2 is 1.92 bits per heavy atom. The van der Waals surface area contributed by atoms with Crippen LogP contribution in [0.1, 0.15) is 5.82 Å². The van der Waals surface area contributed by atoms with E-state index < -0.39 is 0 Å². The number of para-hydroxylation sites is 3. The van der Waals surface area contributed by atoms with Gasteiger partial charge in [-0.15, -0.1) is 0 Å². The minimum absolute atomic E-state index is 0.0197. The van der Waals surface area contributed by atoms with Gasteiger partial charge in [-0.2, -0.15) is 5.26 Å². The van der Waals surface area contributed by atoms with Crippen molar-refractivity contribution in [1.29, 1.82) is 5.26 Å². The molecule has 6 nitrogen and oxygen atoms in total. The molecule has 0 bridgehead atoms. The van der Waals surface area contributed by atoms with Crippen LogP contribution in [-0.2, 0) is 0 Å². The zero-order valence-corrected chi connectivity index (χ0v) is 14.5.